The van der Waals surface area contributed by atoms with Gasteiger partial charge in [-0.25, -0.2) is 4.98 Å². The number of aromatic nitrogens is 2. The van der Waals surface area contributed by atoms with E-state index in [4.69, 9.17) is 11.6 Å². The van der Waals surface area contributed by atoms with E-state index < -0.39 is 6.55 Å². The Morgan fingerprint density at radius 2 is 1.68 bits per heavy atom. The van der Waals surface area contributed by atoms with Crippen molar-refractivity contribution < 1.29 is 8.78 Å². The fourth-order valence-electron chi connectivity index (χ4n) is 3.88. The topological polar surface area (TPSA) is 24.3 Å². The maximum atomic E-state index is 13.7. The second-order valence-corrected chi connectivity index (χ2v) is 7.66. The lowest BCUT2D eigenvalue weighted by Crippen LogP contribution is -2.47. The van der Waals surface area contributed by atoms with Crippen LogP contribution in [0.25, 0.3) is 11.0 Å². The highest BCUT2D eigenvalue weighted by Gasteiger charge is 2.28. The van der Waals surface area contributed by atoms with E-state index in [2.05, 4.69) is 14.8 Å². The van der Waals surface area contributed by atoms with Gasteiger partial charge in [-0.1, -0.05) is 35.9 Å². The highest BCUT2D eigenvalue weighted by Crippen LogP contribution is 2.30. The second kappa shape index (κ2) is 8.15. The standard InChI is InChI=1S/C21H23ClF2N4/c1-15(20-25-18-4-2-3-5-19(18)28(20)21(23)24)27-12-10-26(11-13-27)14-16-6-8-17(22)9-7-16/h2-9,15,21H,10-14H2,1H3/t15-/m0/s1. The van der Waals surface area contributed by atoms with Crippen molar-refractivity contribution in [1.82, 2.24) is 19.4 Å². The number of para-hydroxylation sites is 2. The molecule has 28 heavy (non-hydrogen) atoms. The average molecular weight is 405 g/mol. The molecule has 4 nitrogen and oxygen atoms in total. The lowest BCUT2D eigenvalue weighted by atomic mass is 10.1. The van der Waals surface area contributed by atoms with Gasteiger partial charge in [0.1, 0.15) is 5.82 Å². The first-order valence-electron chi connectivity index (χ1n) is 9.49. The number of fused-ring (bicyclic) bond motifs is 1. The van der Waals surface area contributed by atoms with E-state index in [1.165, 1.54) is 5.56 Å². The molecule has 0 unspecified atom stereocenters. The highest BCUT2D eigenvalue weighted by molar-refractivity contribution is 6.30. The average Bonchev–Trinajstić information content (AvgIpc) is 3.09. The summed E-state index contributed by atoms with van der Waals surface area (Å²) in [6.45, 7) is 3.66. The van der Waals surface area contributed by atoms with E-state index in [9.17, 15) is 8.78 Å². The zero-order chi connectivity index (χ0) is 19.7. The normalized spacial score (nSPS) is 17.5. The van der Waals surface area contributed by atoms with Gasteiger partial charge in [0.2, 0.25) is 0 Å². The number of nitrogens with zero attached hydrogens (tertiary/aromatic N) is 4. The summed E-state index contributed by atoms with van der Waals surface area (Å²) in [6.07, 6.45) is 0. The first-order chi connectivity index (χ1) is 13.5. The van der Waals surface area contributed by atoms with Gasteiger partial charge >= 0.3 is 6.55 Å². The SMILES string of the molecule is C[C@@H](c1nc2ccccc2n1C(F)F)N1CCN(Cc2ccc(Cl)cc2)CC1. The van der Waals surface area contributed by atoms with Gasteiger partial charge in [0, 0.05) is 37.7 Å². The molecule has 1 aliphatic rings. The minimum atomic E-state index is -2.60. The number of imidazole rings is 1. The molecule has 7 heteroatoms. The molecular formula is C21H23ClF2N4. The smallest absolute Gasteiger partial charge is 0.297 e. The van der Waals surface area contributed by atoms with Crippen molar-refractivity contribution >= 4 is 22.6 Å². The molecule has 0 saturated carbocycles. The van der Waals surface area contributed by atoms with Crippen LogP contribution in [-0.2, 0) is 6.54 Å². The molecule has 1 atom stereocenters. The van der Waals surface area contributed by atoms with Crippen LogP contribution in [0.2, 0.25) is 5.02 Å². The molecule has 1 aromatic heterocycles. The summed E-state index contributed by atoms with van der Waals surface area (Å²) in [5.41, 5.74) is 2.33. The zero-order valence-corrected chi connectivity index (χ0v) is 16.5. The Morgan fingerprint density at radius 1 is 1.00 bits per heavy atom. The van der Waals surface area contributed by atoms with E-state index in [1.54, 1.807) is 18.2 Å². The maximum Gasteiger partial charge on any atom is 0.320 e. The predicted octanol–water partition coefficient (Wildman–Crippen LogP) is 4.96. The molecule has 0 amide bonds. The molecule has 3 aromatic rings. The van der Waals surface area contributed by atoms with Crippen LogP contribution in [0.5, 0.6) is 0 Å². The van der Waals surface area contributed by atoms with E-state index in [1.807, 2.05) is 37.3 Å². The highest BCUT2D eigenvalue weighted by atomic mass is 35.5. The van der Waals surface area contributed by atoms with Crippen LogP contribution in [0.1, 0.15) is 30.9 Å². The van der Waals surface area contributed by atoms with Gasteiger partial charge in [-0.2, -0.15) is 8.78 Å². The summed E-state index contributed by atoms with van der Waals surface area (Å²) in [5.74, 6) is 0.433. The molecular weight excluding hydrogens is 382 g/mol. The largest absolute Gasteiger partial charge is 0.320 e. The van der Waals surface area contributed by atoms with Gasteiger partial charge in [-0.05, 0) is 36.8 Å². The fraction of sp³-hybridized carbons (Fsp3) is 0.381. The molecule has 0 aliphatic carbocycles. The van der Waals surface area contributed by atoms with E-state index in [-0.39, 0.29) is 6.04 Å². The first-order valence-corrected chi connectivity index (χ1v) is 9.86. The predicted molar refractivity (Wildman–Crippen MR) is 108 cm³/mol. The Kier molecular flexibility index (Phi) is 5.62. The Labute approximate surface area is 168 Å². The van der Waals surface area contributed by atoms with Crippen LogP contribution in [0.3, 0.4) is 0 Å². The summed E-state index contributed by atoms with van der Waals surface area (Å²) in [4.78, 5) is 9.13. The number of rotatable bonds is 5. The van der Waals surface area contributed by atoms with Crippen LogP contribution in [0.15, 0.2) is 48.5 Å². The number of hydrogen-bond acceptors (Lipinski definition) is 3. The summed E-state index contributed by atoms with van der Waals surface area (Å²) in [6, 6.07) is 14.8. The van der Waals surface area contributed by atoms with Crippen LogP contribution in [0, 0.1) is 0 Å². The molecule has 2 aromatic carbocycles. The molecule has 148 valence electrons. The molecule has 1 saturated heterocycles. The number of halogens is 3. The van der Waals surface area contributed by atoms with Crippen LogP contribution in [0.4, 0.5) is 8.78 Å². The van der Waals surface area contributed by atoms with Crippen LogP contribution >= 0.6 is 11.6 Å². The van der Waals surface area contributed by atoms with E-state index in [0.29, 0.717) is 16.9 Å². The van der Waals surface area contributed by atoms with Crippen molar-refractivity contribution in [2.45, 2.75) is 26.1 Å². The fourth-order valence-corrected chi connectivity index (χ4v) is 4.01. The van der Waals surface area contributed by atoms with Gasteiger partial charge in [0.25, 0.3) is 0 Å². The lowest BCUT2D eigenvalue weighted by Gasteiger charge is -2.37. The molecule has 4 rings (SSSR count). The van der Waals surface area contributed by atoms with Gasteiger partial charge in [-0.3, -0.25) is 14.4 Å². The summed E-state index contributed by atoms with van der Waals surface area (Å²) < 4.78 is 28.5. The van der Waals surface area contributed by atoms with Gasteiger partial charge in [0.15, 0.2) is 0 Å². The first kappa shape index (κ1) is 19.3. The van der Waals surface area contributed by atoms with Crippen molar-refractivity contribution in [2.75, 3.05) is 26.2 Å². The van der Waals surface area contributed by atoms with Crippen LogP contribution in [-0.4, -0.2) is 45.5 Å². The van der Waals surface area contributed by atoms with E-state index >= 15 is 0 Å². The molecule has 1 fully saturated rings. The molecule has 1 aliphatic heterocycles. The van der Waals surface area contributed by atoms with Crippen molar-refractivity contribution in [3.05, 3.63) is 64.9 Å². The van der Waals surface area contributed by atoms with Gasteiger partial charge < -0.3 is 0 Å². The van der Waals surface area contributed by atoms with Crippen molar-refractivity contribution in [3.8, 4) is 0 Å². The molecule has 0 spiro atoms. The van der Waals surface area contributed by atoms with Crippen LogP contribution < -0.4 is 0 Å². The summed E-state index contributed by atoms with van der Waals surface area (Å²) >= 11 is 5.95. The Morgan fingerprint density at radius 3 is 2.36 bits per heavy atom. The summed E-state index contributed by atoms with van der Waals surface area (Å²) in [5, 5.41) is 0.740. The minimum absolute atomic E-state index is 0.168. The van der Waals surface area contributed by atoms with Crippen molar-refractivity contribution in [2.24, 2.45) is 0 Å². The minimum Gasteiger partial charge on any atom is -0.297 e. The van der Waals surface area contributed by atoms with Crippen molar-refractivity contribution in [1.29, 1.82) is 0 Å². The third-order valence-corrected chi connectivity index (χ3v) is 5.72. The Bertz CT molecular complexity index is 933. The maximum absolute atomic E-state index is 13.7. The monoisotopic (exact) mass is 404 g/mol. The number of alkyl halides is 2. The molecule has 0 N–H and O–H groups in total. The Hall–Kier alpha value is -2.02. The third kappa shape index (κ3) is 3.90. The number of benzene rings is 2. The zero-order valence-electron chi connectivity index (χ0n) is 15.7. The summed E-state index contributed by atoms with van der Waals surface area (Å²) in [7, 11) is 0. The van der Waals surface area contributed by atoms with Gasteiger partial charge in [-0.15, -0.1) is 0 Å². The second-order valence-electron chi connectivity index (χ2n) is 7.22. The Balaban J connectivity index is 1.45. The van der Waals surface area contributed by atoms with Crippen molar-refractivity contribution in [3.63, 3.8) is 0 Å². The number of hydrogen-bond donors (Lipinski definition) is 0. The molecule has 0 radical (unpaired) electrons. The molecule has 0 bridgehead atoms. The third-order valence-electron chi connectivity index (χ3n) is 5.47. The van der Waals surface area contributed by atoms with E-state index in [0.717, 1.165) is 42.3 Å². The van der Waals surface area contributed by atoms with Gasteiger partial charge in [0.05, 0.1) is 17.1 Å². The quantitative estimate of drug-likeness (QED) is 0.600. The number of piperazine rings is 1. The molecule has 2 heterocycles. The lowest BCUT2D eigenvalue weighted by molar-refractivity contribution is 0.0558.